The van der Waals surface area contributed by atoms with Gasteiger partial charge in [0.25, 0.3) is 0 Å². The van der Waals surface area contributed by atoms with Gasteiger partial charge in [-0.3, -0.25) is 9.59 Å². The molecule has 0 unspecified atom stereocenters. The van der Waals surface area contributed by atoms with E-state index in [1.54, 1.807) is 42.5 Å². The maximum atomic E-state index is 12.7. The first-order valence-corrected chi connectivity index (χ1v) is 11.3. The van der Waals surface area contributed by atoms with Crippen molar-refractivity contribution in [2.45, 2.75) is 35.0 Å². The predicted molar refractivity (Wildman–Crippen MR) is 106 cm³/mol. The summed E-state index contributed by atoms with van der Waals surface area (Å²) < 4.78 is 30.2. The molecule has 0 N–H and O–H groups in total. The van der Waals surface area contributed by atoms with Gasteiger partial charge in [-0.25, -0.2) is 8.42 Å². The monoisotopic (exact) mass is 413 g/mol. The third-order valence-electron chi connectivity index (χ3n) is 5.65. The highest BCUT2D eigenvalue weighted by Crippen LogP contribution is 2.30. The minimum atomic E-state index is -3.51. The Labute approximate surface area is 170 Å². The van der Waals surface area contributed by atoms with Crippen LogP contribution in [0.1, 0.15) is 30.7 Å². The molecule has 2 saturated heterocycles. The van der Waals surface area contributed by atoms with Gasteiger partial charge in [0.1, 0.15) is 0 Å². The number of carbonyl (C=O) groups excluding carboxylic acids is 2. The smallest absolute Gasteiger partial charge is 0.306 e. The van der Waals surface area contributed by atoms with Crippen LogP contribution < -0.4 is 0 Å². The minimum Gasteiger partial charge on any atom is -0.465 e. The highest BCUT2D eigenvalue weighted by atomic mass is 32.2. The first-order valence-electron chi connectivity index (χ1n) is 9.77. The molecule has 1 atom stereocenters. The van der Waals surface area contributed by atoms with E-state index in [-0.39, 0.29) is 33.5 Å². The van der Waals surface area contributed by atoms with Crippen molar-refractivity contribution in [3.05, 3.63) is 60.2 Å². The van der Waals surface area contributed by atoms with Gasteiger partial charge < -0.3 is 9.64 Å². The number of amides is 1. The van der Waals surface area contributed by atoms with Crippen molar-refractivity contribution < 1.29 is 22.7 Å². The first-order chi connectivity index (χ1) is 13.9. The van der Waals surface area contributed by atoms with Gasteiger partial charge >= 0.3 is 5.97 Å². The van der Waals surface area contributed by atoms with Gasteiger partial charge in [-0.15, -0.1) is 0 Å². The number of rotatable bonds is 6. The third kappa shape index (κ3) is 4.19. The van der Waals surface area contributed by atoms with E-state index >= 15 is 0 Å². The zero-order valence-corrected chi connectivity index (χ0v) is 16.8. The fourth-order valence-corrected chi connectivity index (χ4v) is 5.07. The molecule has 0 aromatic heterocycles. The summed E-state index contributed by atoms with van der Waals surface area (Å²) in [6.07, 6.45) is 1.52. The first kappa shape index (κ1) is 19.6. The standard InChI is InChI=1S/C22H23NO5S/c24-21(11-6-16-12-22(25)28-15-16)23-13-18(14-23)17-7-9-20(10-8-17)29(26,27)19-4-2-1-3-5-19/h1-5,7-10,16,18H,6,11-15H2/t16-/m0/s1. The second-order valence-corrected chi connectivity index (χ2v) is 9.62. The summed E-state index contributed by atoms with van der Waals surface area (Å²) in [5.74, 6) is 0.305. The summed E-state index contributed by atoms with van der Waals surface area (Å²) in [5, 5.41) is 0. The number of nitrogens with zero attached hydrogens (tertiary/aromatic N) is 1. The Bertz CT molecular complexity index is 995. The molecular weight excluding hydrogens is 390 g/mol. The number of hydrogen-bond acceptors (Lipinski definition) is 5. The molecule has 2 fully saturated rings. The molecule has 2 aliphatic heterocycles. The Hall–Kier alpha value is -2.67. The number of esters is 1. The maximum absolute atomic E-state index is 12.7. The highest BCUT2D eigenvalue weighted by molar-refractivity contribution is 7.91. The van der Waals surface area contributed by atoms with Crippen LogP contribution >= 0.6 is 0 Å². The summed E-state index contributed by atoms with van der Waals surface area (Å²) in [6, 6.07) is 15.3. The molecule has 2 aliphatic rings. The van der Waals surface area contributed by atoms with Crippen molar-refractivity contribution >= 4 is 21.7 Å². The van der Waals surface area contributed by atoms with Gasteiger partial charge in [0.15, 0.2) is 0 Å². The van der Waals surface area contributed by atoms with Gasteiger partial charge in [0.05, 0.1) is 22.8 Å². The number of hydrogen-bond donors (Lipinski definition) is 0. The molecule has 2 aromatic rings. The van der Waals surface area contributed by atoms with Crippen LogP contribution in [0.5, 0.6) is 0 Å². The Kier molecular flexibility index (Phi) is 5.41. The third-order valence-corrected chi connectivity index (χ3v) is 7.44. The Morgan fingerprint density at radius 1 is 1.00 bits per heavy atom. The van der Waals surface area contributed by atoms with E-state index in [0.717, 1.165) is 5.56 Å². The highest BCUT2D eigenvalue weighted by Gasteiger charge is 2.32. The second-order valence-electron chi connectivity index (χ2n) is 7.67. The number of carbonyl (C=O) groups is 2. The minimum absolute atomic E-state index is 0.101. The average Bonchev–Trinajstić information content (AvgIpc) is 3.11. The predicted octanol–water partition coefficient (Wildman–Crippen LogP) is 2.79. The van der Waals surface area contributed by atoms with Crippen molar-refractivity contribution in [3.63, 3.8) is 0 Å². The molecule has 6 nitrogen and oxygen atoms in total. The van der Waals surface area contributed by atoms with Crippen LogP contribution in [-0.2, 0) is 24.2 Å². The van der Waals surface area contributed by atoms with E-state index in [0.29, 0.717) is 39.0 Å². The van der Waals surface area contributed by atoms with Gasteiger partial charge in [0, 0.05) is 31.3 Å². The van der Waals surface area contributed by atoms with Crippen LogP contribution in [0.15, 0.2) is 64.4 Å². The lowest BCUT2D eigenvalue weighted by Gasteiger charge is -2.40. The van der Waals surface area contributed by atoms with Crippen molar-refractivity contribution in [3.8, 4) is 0 Å². The number of sulfone groups is 1. The van der Waals surface area contributed by atoms with E-state index < -0.39 is 9.84 Å². The summed E-state index contributed by atoms with van der Waals surface area (Å²) in [6.45, 7) is 1.71. The molecule has 152 valence electrons. The molecule has 0 spiro atoms. The maximum Gasteiger partial charge on any atom is 0.306 e. The van der Waals surface area contributed by atoms with Gasteiger partial charge in [0.2, 0.25) is 15.7 Å². The SMILES string of the molecule is O=C1C[C@H](CCC(=O)N2CC(c3ccc(S(=O)(=O)c4ccccc4)cc3)C2)CO1. The average molecular weight is 413 g/mol. The van der Waals surface area contributed by atoms with E-state index in [4.69, 9.17) is 4.74 Å². The van der Waals surface area contributed by atoms with Gasteiger partial charge in [-0.05, 0) is 36.2 Å². The zero-order valence-electron chi connectivity index (χ0n) is 16.0. The lowest BCUT2D eigenvalue weighted by Crippen LogP contribution is -2.48. The van der Waals surface area contributed by atoms with Crippen LogP contribution in [-0.4, -0.2) is 44.9 Å². The van der Waals surface area contributed by atoms with E-state index in [1.807, 2.05) is 17.0 Å². The number of cyclic esters (lactones) is 1. The normalized spacial score (nSPS) is 19.7. The number of likely N-dealkylation sites (tertiary alicyclic amines) is 1. The molecule has 2 aromatic carbocycles. The fourth-order valence-electron chi connectivity index (χ4n) is 3.78. The molecule has 1 amide bonds. The van der Waals surface area contributed by atoms with Gasteiger partial charge in [-0.2, -0.15) is 0 Å². The molecular formula is C22H23NO5S. The number of benzene rings is 2. The van der Waals surface area contributed by atoms with E-state index in [1.165, 1.54) is 0 Å². The summed E-state index contributed by atoms with van der Waals surface area (Å²) in [5.41, 5.74) is 1.04. The van der Waals surface area contributed by atoms with Crippen molar-refractivity contribution in [1.29, 1.82) is 0 Å². The van der Waals surface area contributed by atoms with Gasteiger partial charge in [-0.1, -0.05) is 30.3 Å². The van der Waals surface area contributed by atoms with Crippen LogP contribution in [0.25, 0.3) is 0 Å². The Morgan fingerprint density at radius 3 is 2.28 bits per heavy atom. The van der Waals surface area contributed by atoms with E-state index in [9.17, 15) is 18.0 Å². The fraction of sp³-hybridized carbons (Fsp3) is 0.364. The van der Waals surface area contributed by atoms with Crippen LogP contribution in [0, 0.1) is 5.92 Å². The summed E-state index contributed by atoms with van der Waals surface area (Å²) in [7, 11) is -3.51. The molecule has 29 heavy (non-hydrogen) atoms. The molecule has 4 rings (SSSR count). The van der Waals surface area contributed by atoms with Crippen LogP contribution in [0.3, 0.4) is 0 Å². The van der Waals surface area contributed by atoms with Crippen LogP contribution in [0.2, 0.25) is 0 Å². The van der Waals surface area contributed by atoms with Crippen molar-refractivity contribution in [2.24, 2.45) is 5.92 Å². The Morgan fingerprint density at radius 2 is 1.66 bits per heavy atom. The van der Waals surface area contributed by atoms with E-state index in [2.05, 4.69) is 0 Å². The summed E-state index contributed by atoms with van der Waals surface area (Å²) >= 11 is 0. The quantitative estimate of drug-likeness (QED) is 0.681. The zero-order chi connectivity index (χ0) is 20.4. The molecule has 0 bridgehead atoms. The molecule has 0 radical (unpaired) electrons. The van der Waals surface area contributed by atoms with Crippen molar-refractivity contribution in [2.75, 3.05) is 19.7 Å². The van der Waals surface area contributed by atoms with Crippen molar-refractivity contribution in [1.82, 2.24) is 4.90 Å². The molecule has 0 aliphatic carbocycles. The largest absolute Gasteiger partial charge is 0.465 e. The van der Waals surface area contributed by atoms with Crippen LogP contribution in [0.4, 0.5) is 0 Å². The lowest BCUT2D eigenvalue weighted by molar-refractivity contribution is -0.138. The molecule has 7 heteroatoms. The topological polar surface area (TPSA) is 80.8 Å². The molecule has 2 heterocycles. The molecule has 0 saturated carbocycles. The second kappa shape index (κ2) is 7.99. The lowest BCUT2D eigenvalue weighted by atomic mass is 9.91. The number of ether oxygens (including phenoxy) is 1. The Balaban J connectivity index is 1.31. The summed E-state index contributed by atoms with van der Waals surface area (Å²) in [4.78, 5) is 25.8.